The van der Waals surface area contributed by atoms with Crippen LogP contribution in [0, 0.1) is 0 Å². The zero-order chi connectivity index (χ0) is 28.1. The van der Waals surface area contributed by atoms with Crippen LogP contribution < -0.4 is 0 Å². The van der Waals surface area contributed by atoms with Crippen LogP contribution >= 0.6 is 0 Å². The van der Waals surface area contributed by atoms with Crippen molar-refractivity contribution in [3.05, 3.63) is 140 Å². The minimum absolute atomic E-state index is 0.886. The van der Waals surface area contributed by atoms with Gasteiger partial charge in [0.15, 0.2) is 0 Å². The summed E-state index contributed by atoms with van der Waals surface area (Å²) in [4.78, 5) is 9.66. The van der Waals surface area contributed by atoms with E-state index in [1.165, 1.54) is 16.3 Å². The summed E-state index contributed by atoms with van der Waals surface area (Å²) < 4.78 is 11.1. The fourth-order valence-corrected chi connectivity index (χ4v) is 6.78. The van der Waals surface area contributed by atoms with Gasteiger partial charge in [-0.2, -0.15) is 0 Å². The van der Waals surface area contributed by atoms with Gasteiger partial charge in [-0.05, 0) is 60.7 Å². The SMILES string of the molecule is c1cc(-n2ccn3ccnc23)cc(-n2c3ccccc3c3ccc(-n4c5ccccc5n5c6ccccc6nc45)cc32)c1. The second-order valence-electron chi connectivity index (χ2n) is 10.9. The largest absolute Gasteiger partial charge is 0.309 e. The van der Waals surface area contributed by atoms with Crippen LogP contribution in [0.25, 0.3) is 72.5 Å². The Balaban J connectivity index is 1.27. The maximum atomic E-state index is 5.10. The summed E-state index contributed by atoms with van der Waals surface area (Å²) in [6, 6.07) is 41.0. The summed E-state index contributed by atoms with van der Waals surface area (Å²) in [5, 5.41) is 2.43. The number of hydrogen-bond acceptors (Lipinski definition) is 2. The van der Waals surface area contributed by atoms with E-state index in [1.807, 2.05) is 29.1 Å². The third-order valence-corrected chi connectivity index (χ3v) is 8.63. The molecule has 10 rings (SSSR count). The summed E-state index contributed by atoms with van der Waals surface area (Å²) in [5.74, 6) is 1.79. The van der Waals surface area contributed by atoms with Crippen LogP contribution in [0.2, 0.25) is 0 Å². The number of rotatable bonds is 3. The number of nitrogens with zero attached hydrogens (tertiary/aromatic N) is 7. The van der Waals surface area contributed by atoms with E-state index in [1.54, 1.807) is 0 Å². The zero-order valence-electron chi connectivity index (χ0n) is 22.9. The highest BCUT2D eigenvalue weighted by atomic mass is 15.2. The lowest BCUT2D eigenvalue weighted by atomic mass is 10.1. The second kappa shape index (κ2) is 8.24. The average molecular weight is 554 g/mol. The molecule has 202 valence electrons. The quantitative estimate of drug-likeness (QED) is 0.223. The number of para-hydroxylation sites is 5. The van der Waals surface area contributed by atoms with Crippen LogP contribution in [-0.2, 0) is 0 Å². The molecular weight excluding hydrogens is 530 g/mol. The summed E-state index contributed by atoms with van der Waals surface area (Å²) in [5.41, 5.74) is 9.88. The molecule has 0 spiro atoms. The van der Waals surface area contributed by atoms with Gasteiger partial charge in [0, 0.05) is 41.2 Å². The van der Waals surface area contributed by atoms with E-state index in [2.05, 4.69) is 138 Å². The van der Waals surface area contributed by atoms with Crippen LogP contribution in [0.4, 0.5) is 0 Å². The zero-order valence-corrected chi connectivity index (χ0v) is 22.9. The van der Waals surface area contributed by atoms with E-state index in [0.717, 1.165) is 56.2 Å². The van der Waals surface area contributed by atoms with Crippen molar-refractivity contribution in [3.8, 4) is 17.1 Å². The van der Waals surface area contributed by atoms with Gasteiger partial charge in [-0.25, -0.2) is 9.97 Å². The lowest BCUT2D eigenvalue weighted by Gasteiger charge is -2.12. The Bertz CT molecular complexity index is 2690. The fourth-order valence-electron chi connectivity index (χ4n) is 6.78. The third-order valence-electron chi connectivity index (χ3n) is 8.63. The molecule has 0 saturated carbocycles. The molecule has 5 aromatic heterocycles. The van der Waals surface area contributed by atoms with Gasteiger partial charge in [0.25, 0.3) is 0 Å². The average Bonchev–Trinajstić information content (AvgIpc) is 3.86. The van der Waals surface area contributed by atoms with E-state index in [4.69, 9.17) is 4.98 Å². The van der Waals surface area contributed by atoms with Crippen molar-refractivity contribution in [3.63, 3.8) is 0 Å². The molecule has 0 fully saturated rings. The Morgan fingerprint density at radius 1 is 0.465 bits per heavy atom. The highest BCUT2D eigenvalue weighted by molar-refractivity contribution is 6.10. The molecule has 0 saturated heterocycles. The topological polar surface area (TPSA) is 49.4 Å². The first-order valence-corrected chi connectivity index (χ1v) is 14.3. The van der Waals surface area contributed by atoms with Crippen LogP contribution in [0.15, 0.2) is 140 Å². The van der Waals surface area contributed by atoms with Gasteiger partial charge in [0.2, 0.25) is 11.6 Å². The van der Waals surface area contributed by atoms with E-state index in [-0.39, 0.29) is 0 Å². The maximum absolute atomic E-state index is 5.10. The number of imidazole rings is 4. The van der Waals surface area contributed by atoms with Crippen molar-refractivity contribution in [1.82, 2.24) is 32.5 Å². The van der Waals surface area contributed by atoms with Gasteiger partial charge < -0.3 is 4.57 Å². The normalized spacial score (nSPS) is 12.2. The first kappa shape index (κ1) is 22.6. The molecule has 43 heavy (non-hydrogen) atoms. The highest BCUT2D eigenvalue weighted by Crippen LogP contribution is 2.36. The standard InChI is InChI=1S/C36H23N7/c1-3-12-30-27(10-1)28-17-16-26(42-32-14-5-6-15-33(32)43-31-13-4-2-11-29(31)38-36(42)43)23-34(28)41(30)25-9-7-8-24(22-25)40-21-20-39-19-18-37-35(39)40/h1-23H. The molecule has 7 nitrogen and oxygen atoms in total. The monoisotopic (exact) mass is 553 g/mol. The van der Waals surface area contributed by atoms with Gasteiger partial charge in [-0.3, -0.25) is 17.9 Å². The summed E-state index contributed by atoms with van der Waals surface area (Å²) in [6.07, 6.45) is 7.88. The molecule has 0 unspecified atom stereocenters. The minimum atomic E-state index is 0.886. The Hall–Kier alpha value is -6.08. The molecule has 0 aliphatic heterocycles. The highest BCUT2D eigenvalue weighted by Gasteiger charge is 2.19. The number of aromatic nitrogens is 7. The molecule has 0 atom stereocenters. The lowest BCUT2D eigenvalue weighted by Crippen LogP contribution is -1.99. The number of fused-ring (bicyclic) bond motifs is 9. The van der Waals surface area contributed by atoms with Crippen molar-refractivity contribution in [2.24, 2.45) is 0 Å². The van der Waals surface area contributed by atoms with Gasteiger partial charge in [-0.15, -0.1) is 0 Å². The summed E-state index contributed by atoms with van der Waals surface area (Å²) >= 11 is 0. The molecule has 5 aromatic carbocycles. The Morgan fingerprint density at radius 3 is 2.14 bits per heavy atom. The molecular formula is C36H23N7. The second-order valence-corrected chi connectivity index (χ2v) is 10.9. The van der Waals surface area contributed by atoms with Crippen LogP contribution in [0.3, 0.4) is 0 Å². The molecule has 0 N–H and O–H groups in total. The Kier molecular flexibility index (Phi) is 4.33. The van der Waals surface area contributed by atoms with Crippen molar-refractivity contribution >= 4 is 55.4 Å². The summed E-state index contributed by atoms with van der Waals surface area (Å²) in [6.45, 7) is 0. The van der Waals surface area contributed by atoms with Crippen molar-refractivity contribution in [2.45, 2.75) is 0 Å². The predicted molar refractivity (Wildman–Crippen MR) is 172 cm³/mol. The van der Waals surface area contributed by atoms with Gasteiger partial charge in [0.05, 0.1) is 44.5 Å². The van der Waals surface area contributed by atoms with E-state index >= 15 is 0 Å². The van der Waals surface area contributed by atoms with Crippen LogP contribution in [0.5, 0.6) is 0 Å². The van der Waals surface area contributed by atoms with E-state index in [0.29, 0.717) is 0 Å². The lowest BCUT2D eigenvalue weighted by molar-refractivity contribution is 1.06. The molecule has 0 aliphatic rings. The van der Waals surface area contributed by atoms with Crippen molar-refractivity contribution < 1.29 is 0 Å². The molecule has 7 heteroatoms. The smallest absolute Gasteiger partial charge is 0.220 e. The Labute approximate surface area is 244 Å². The molecule has 10 aromatic rings. The summed E-state index contributed by atoms with van der Waals surface area (Å²) in [7, 11) is 0. The molecule has 0 bridgehead atoms. The fraction of sp³-hybridized carbons (Fsp3) is 0. The minimum Gasteiger partial charge on any atom is -0.309 e. The van der Waals surface area contributed by atoms with Crippen molar-refractivity contribution in [2.75, 3.05) is 0 Å². The van der Waals surface area contributed by atoms with E-state index in [9.17, 15) is 0 Å². The third kappa shape index (κ3) is 3.02. The predicted octanol–water partition coefficient (Wildman–Crippen LogP) is 7.97. The number of benzene rings is 5. The maximum Gasteiger partial charge on any atom is 0.220 e. The van der Waals surface area contributed by atoms with Gasteiger partial charge >= 0.3 is 0 Å². The van der Waals surface area contributed by atoms with Crippen molar-refractivity contribution in [1.29, 1.82) is 0 Å². The van der Waals surface area contributed by atoms with Gasteiger partial charge in [-0.1, -0.05) is 54.6 Å². The van der Waals surface area contributed by atoms with Crippen LogP contribution in [-0.4, -0.2) is 32.5 Å². The molecule has 0 aliphatic carbocycles. The van der Waals surface area contributed by atoms with Gasteiger partial charge in [0.1, 0.15) is 0 Å². The number of hydrogen-bond donors (Lipinski definition) is 0. The first-order chi connectivity index (χ1) is 21.3. The molecule has 0 amide bonds. The molecule has 5 heterocycles. The van der Waals surface area contributed by atoms with E-state index < -0.39 is 0 Å². The Morgan fingerprint density at radius 2 is 1.21 bits per heavy atom. The first-order valence-electron chi connectivity index (χ1n) is 14.3. The van der Waals surface area contributed by atoms with Crippen LogP contribution in [0.1, 0.15) is 0 Å². The molecule has 0 radical (unpaired) electrons.